The third-order valence-electron chi connectivity index (χ3n) is 4.90. The number of carbonyl (C=O) groups is 1. The number of para-hydroxylation sites is 1. The first-order valence-electron chi connectivity index (χ1n) is 9.96. The van der Waals surface area contributed by atoms with Crippen LogP contribution in [0.1, 0.15) is 11.3 Å². The molecule has 0 aliphatic carbocycles. The van der Waals surface area contributed by atoms with Crippen molar-refractivity contribution < 1.29 is 4.79 Å². The lowest BCUT2D eigenvalue weighted by atomic mass is 10.2. The van der Waals surface area contributed by atoms with E-state index in [0.29, 0.717) is 17.9 Å². The second-order valence-electron chi connectivity index (χ2n) is 7.22. The molecule has 31 heavy (non-hydrogen) atoms. The Kier molecular flexibility index (Phi) is 5.93. The second-order valence-corrected chi connectivity index (χ2v) is 7.22. The minimum atomic E-state index is -0.215. The van der Waals surface area contributed by atoms with Gasteiger partial charge < -0.3 is 15.2 Å². The maximum Gasteiger partial charge on any atom is 0.330 e. The van der Waals surface area contributed by atoms with Gasteiger partial charge in [-0.05, 0) is 48.9 Å². The van der Waals surface area contributed by atoms with E-state index >= 15 is 0 Å². The van der Waals surface area contributed by atoms with Crippen LogP contribution in [0, 0.1) is 6.92 Å². The second kappa shape index (κ2) is 9.13. The third kappa shape index (κ3) is 4.90. The molecule has 1 amide bonds. The quantitative estimate of drug-likeness (QED) is 0.486. The fourth-order valence-corrected chi connectivity index (χ4v) is 3.46. The summed E-state index contributed by atoms with van der Waals surface area (Å²) in [6, 6.07) is 20.9. The van der Waals surface area contributed by atoms with E-state index in [0.717, 1.165) is 16.9 Å². The molecule has 0 aliphatic rings. The molecule has 7 nitrogen and oxygen atoms in total. The highest BCUT2D eigenvalue weighted by Crippen LogP contribution is 2.18. The number of H-pyrrole nitrogens is 1. The van der Waals surface area contributed by atoms with Crippen LogP contribution in [-0.2, 0) is 11.3 Å². The predicted molar refractivity (Wildman–Crippen MR) is 121 cm³/mol. The number of benzene rings is 2. The topological polar surface area (TPSA) is 83.0 Å². The first-order valence-corrected chi connectivity index (χ1v) is 9.96. The fourth-order valence-electron chi connectivity index (χ4n) is 3.46. The van der Waals surface area contributed by atoms with Crippen molar-refractivity contribution >= 4 is 17.3 Å². The van der Waals surface area contributed by atoms with Crippen LogP contribution in [0.5, 0.6) is 0 Å². The summed E-state index contributed by atoms with van der Waals surface area (Å²) < 4.78 is 1.56. The maximum atomic E-state index is 12.9. The highest BCUT2D eigenvalue weighted by atomic mass is 16.2. The van der Waals surface area contributed by atoms with Crippen molar-refractivity contribution in [2.75, 3.05) is 16.8 Å². The van der Waals surface area contributed by atoms with Crippen molar-refractivity contribution in [1.29, 1.82) is 0 Å². The van der Waals surface area contributed by atoms with Gasteiger partial charge in [-0.2, -0.15) is 0 Å². The summed E-state index contributed by atoms with van der Waals surface area (Å²) in [6.45, 7) is 2.58. The van der Waals surface area contributed by atoms with Crippen molar-refractivity contribution in [3.63, 3.8) is 0 Å². The summed E-state index contributed by atoms with van der Waals surface area (Å²) in [5, 5.41) is 2.95. The molecule has 2 heterocycles. The van der Waals surface area contributed by atoms with Crippen LogP contribution in [0.4, 0.5) is 11.4 Å². The Morgan fingerprint density at radius 1 is 1.10 bits per heavy atom. The molecular weight excluding hydrogens is 390 g/mol. The number of imidazole rings is 1. The zero-order valence-electron chi connectivity index (χ0n) is 17.2. The summed E-state index contributed by atoms with van der Waals surface area (Å²) in [5.41, 5.74) is 3.86. The van der Waals surface area contributed by atoms with Crippen molar-refractivity contribution in [3.05, 3.63) is 107 Å². The Morgan fingerprint density at radius 2 is 1.94 bits per heavy atom. The maximum absolute atomic E-state index is 12.9. The zero-order chi connectivity index (χ0) is 21.6. The highest BCUT2D eigenvalue weighted by Gasteiger charge is 2.13. The molecule has 2 N–H and O–H groups in total. The summed E-state index contributed by atoms with van der Waals surface area (Å²) in [4.78, 5) is 33.8. The summed E-state index contributed by atoms with van der Waals surface area (Å²) in [5.74, 6) is -0.150. The van der Waals surface area contributed by atoms with E-state index in [4.69, 9.17) is 0 Å². The standard InChI is InChI=1S/C24H23N5O2/c1-18-14-26-24(31)29(18)22-11-5-8-20(13-22)27-23(30)17-28(21-9-3-2-4-10-21)16-19-7-6-12-25-15-19/h2-15H,16-17H2,1H3,(H,26,31)(H,27,30). The van der Waals surface area contributed by atoms with E-state index < -0.39 is 0 Å². The molecule has 0 saturated carbocycles. The number of hydrogen-bond donors (Lipinski definition) is 2. The monoisotopic (exact) mass is 413 g/mol. The third-order valence-corrected chi connectivity index (χ3v) is 4.90. The molecular formula is C24H23N5O2. The molecule has 2 aromatic heterocycles. The van der Waals surface area contributed by atoms with Crippen LogP contribution in [0.15, 0.2) is 90.1 Å². The van der Waals surface area contributed by atoms with Crippen LogP contribution in [0.25, 0.3) is 5.69 Å². The number of carbonyl (C=O) groups excluding carboxylic acids is 1. The van der Waals surface area contributed by atoms with Gasteiger partial charge in [0.05, 0.1) is 12.2 Å². The van der Waals surface area contributed by atoms with Crippen molar-refractivity contribution in [2.24, 2.45) is 0 Å². The summed E-state index contributed by atoms with van der Waals surface area (Å²) in [6.07, 6.45) is 5.19. The van der Waals surface area contributed by atoms with Crippen molar-refractivity contribution in [3.8, 4) is 5.69 Å². The van der Waals surface area contributed by atoms with Gasteiger partial charge in [-0.15, -0.1) is 0 Å². The summed E-state index contributed by atoms with van der Waals surface area (Å²) in [7, 11) is 0. The minimum absolute atomic E-state index is 0.150. The number of nitrogens with one attached hydrogen (secondary N) is 2. The van der Waals surface area contributed by atoms with Crippen LogP contribution in [0.2, 0.25) is 0 Å². The van der Waals surface area contributed by atoms with Gasteiger partial charge in [0.1, 0.15) is 0 Å². The average Bonchev–Trinajstić information content (AvgIpc) is 3.13. The van der Waals surface area contributed by atoms with Crippen molar-refractivity contribution in [2.45, 2.75) is 13.5 Å². The Hall–Kier alpha value is -4.13. The molecule has 4 aromatic rings. The number of amides is 1. The lowest BCUT2D eigenvalue weighted by Gasteiger charge is -2.24. The molecule has 156 valence electrons. The lowest BCUT2D eigenvalue weighted by Crippen LogP contribution is -2.33. The molecule has 0 bridgehead atoms. The Balaban J connectivity index is 1.52. The van der Waals surface area contributed by atoms with Gasteiger partial charge in [0.15, 0.2) is 0 Å². The first-order chi connectivity index (χ1) is 15.1. The van der Waals surface area contributed by atoms with E-state index in [1.807, 2.05) is 72.5 Å². The van der Waals surface area contributed by atoms with Crippen LogP contribution >= 0.6 is 0 Å². The van der Waals surface area contributed by atoms with Crippen LogP contribution < -0.4 is 15.9 Å². The number of anilines is 2. The number of aromatic amines is 1. The first kappa shape index (κ1) is 20.2. The normalized spacial score (nSPS) is 10.6. The van der Waals surface area contributed by atoms with Gasteiger partial charge >= 0.3 is 5.69 Å². The summed E-state index contributed by atoms with van der Waals surface area (Å²) >= 11 is 0. The number of nitrogens with zero attached hydrogens (tertiary/aromatic N) is 3. The minimum Gasteiger partial charge on any atom is -0.358 e. The average molecular weight is 413 g/mol. The number of rotatable bonds is 7. The van der Waals surface area contributed by atoms with Crippen molar-refractivity contribution in [1.82, 2.24) is 14.5 Å². The molecule has 7 heteroatoms. The Bertz CT molecular complexity index is 1220. The molecule has 0 aliphatic heterocycles. The molecule has 4 rings (SSSR count). The predicted octanol–water partition coefficient (Wildman–Crippen LogP) is 3.51. The Morgan fingerprint density at radius 3 is 2.65 bits per heavy atom. The van der Waals surface area contributed by atoms with Crippen LogP contribution in [0.3, 0.4) is 0 Å². The van der Waals surface area contributed by atoms with Gasteiger partial charge in [0.2, 0.25) is 5.91 Å². The lowest BCUT2D eigenvalue weighted by molar-refractivity contribution is -0.115. The fraction of sp³-hybridized carbons (Fsp3) is 0.125. The highest BCUT2D eigenvalue weighted by molar-refractivity contribution is 5.94. The van der Waals surface area contributed by atoms with Crippen LogP contribution in [-0.4, -0.2) is 27.0 Å². The number of pyridine rings is 1. The molecule has 2 aromatic carbocycles. The van der Waals surface area contributed by atoms with Gasteiger partial charge in [0.25, 0.3) is 0 Å². The number of hydrogen-bond acceptors (Lipinski definition) is 4. The van der Waals surface area contributed by atoms with Gasteiger partial charge in [-0.3, -0.25) is 14.3 Å². The van der Waals surface area contributed by atoms with Gasteiger partial charge in [-0.25, -0.2) is 4.79 Å². The number of aryl methyl sites for hydroxylation is 1. The van der Waals surface area contributed by atoms with E-state index in [9.17, 15) is 9.59 Å². The Labute approximate surface area is 180 Å². The largest absolute Gasteiger partial charge is 0.358 e. The van der Waals surface area contributed by atoms with E-state index in [-0.39, 0.29) is 18.1 Å². The van der Waals surface area contributed by atoms with E-state index in [1.165, 1.54) is 0 Å². The molecule has 0 atom stereocenters. The van der Waals surface area contributed by atoms with Gasteiger partial charge in [-0.1, -0.05) is 30.3 Å². The molecule has 0 spiro atoms. The molecule has 0 radical (unpaired) electrons. The zero-order valence-corrected chi connectivity index (χ0v) is 17.2. The number of aromatic nitrogens is 3. The smallest absolute Gasteiger partial charge is 0.330 e. The molecule has 0 saturated heterocycles. The van der Waals surface area contributed by atoms with Gasteiger partial charge in [0, 0.05) is 42.2 Å². The molecule has 0 fully saturated rings. The molecule has 0 unspecified atom stereocenters. The SMILES string of the molecule is Cc1c[nH]c(=O)n1-c1cccc(NC(=O)CN(Cc2cccnc2)c2ccccc2)c1. The van der Waals surface area contributed by atoms with E-state index in [2.05, 4.69) is 15.3 Å². The van der Waals surface area contributed by atoms with E-state index in [1.54, 1.807) is 29.2 Å².